The van der Waals surface area contributed by atoms with E-state index in [9.17, 15) is 18.0 Å². The molecule has 2 N–H and O–H groups in total. The Balaban J connectivity index is 1.91. The van der Waals surface area contributed by atoms with Crippen molar-refractivity contribution in [1.29, 1.82) is 0 Å². The molecule has 0 atom stereocenters. The second kappa shape index (κ2) is 10.2. The maximum absolute atomic E-state index is 12.7. The van der Waals surface area contributed by atoms with Crippen LogP contribution in [0, 0.1) is 6.92 Å². The minimum atomic E-state index is -4.34. The standard InChI is InChI=1S/C19H24F3N5OS/c1-4-23-18(25-10-9-24-17(28)16-13(2)26-12-29-16)27(3)11-14-5-7-15(8-6-14)19(20,21)22/h5-8,12H,4,9-11H2,1-3H3,(H,23,25)(H,24,28). The van der Waals surface area contributed by atoms with Crippen molar-refractivity contribution in [2.45, 2.75) is 26.6 Å². The lowest BCUT2D eigenvalue weighted by Crippen LogP contribution is -2.39. The number of rotatable bonds is 7. The van der Waals surface area contributed by atoms with Crippen molar-refractivity contribution in [2.75, 3.05) is 26.7 Å². The van der Waals surface area contributed by atoms with Gasteiger partial charge in [0.1, 0.15) is 4.88 Å². The smallest absolute Gasteiger partial charge is 0.357 e. The number of alkyl halides is 3. The molecule has 0 saturated heterocycles. The molecule has 0 aliphatic carbocycles. The summed E-state index contributed by atoms with van der Waals surface area (Å²) in [6, 6.07) is 5.06. The molecule has 0 bridgehead atoms. The predicted molar refractivity (Wildman–Crippen MR) is 108 cm³/mol. The summed E-state index contributed by atoms with van der Waals surface area (Å²) in [6.45, 7) is 5.47. The lowest BCUT2D eigenvalue weighted by molar-refractivity contribution is -0.137. The number of carbonyl (C=O) groups excluding carboxylic acids is 1. The van der Waals surface area contributed by atoms with E-state index in [0.29, 0.717) is 42.7 Å². The summed E-state index contributed by atoms with van der Waals surface area (Å²) >= 11 is 1.29. The summed E-state index contributed by atoms with van der Waals surface area (Å²) in [5.41, 5.74) is 2.39. The first-order chi connectivity index (χ1) is 13.7. The third kappa shape index (κ3) is 6.74. The lowest BCUT2D eigenvalue weighted by Gasteiger charge is -2.22. The van der Waals surface area contributed by atoms with E-state index in [-0.39, 0.29) is 5.91 Å². The highest BCUT2D eigenvalue weighted by atomic mass is 32.1. The van der Waals surface area contributed by atoms with Crippen molar-refractivity contribution in [3.8, 4) is 0 Å². The normalized spacial score (nSPS) is 12.0. The van der Waals surface area contributed by atoms with Crippen LogP contribution >= 0.6 is 11.3 Å². The molecule has 0 unspecified atom stereocenters. The number of aryl methyl sites for hydroxylation is 1. The van der Waals surface area contributed by atoms with Crippen molar-refractivity contribution in [1.82, 2.24) is 20.5 Å². The van der Waals surface area contributed by atoms with Crippen LogP contribution in [0.1, 0.15) is 33.4 Å². The molecule has 29 heavy (non-hydrogen) atoms. The number of halogens is 3. The number of amides is 1. The van der Waals surface area contributed by atoms with Gasteiger partial charge in [-0.2, -0.15) is 13.2 Å². The molecule has 0 radical (unpaired) electrons. The highest BCUT2D eigenvalue weighted by Gasteiger charge is 2.29. The van der Waals surface area contributed by atoms with E-state index in [4.69, 9.17) is 0 Å². The van der Waals surface area contributed by atoms with Gasteiger partial charge in [0.25, 0.3) is 5.91 Å². The average Bonchev–Trinajstić information content (AvgIpc) is 3.09. The molecule has 0 spiro atoms. The van der Waals surface area contributed by atoms with Gasteiger partial charge in [0.15, 0.2) is 5.96 Å². The van der Waals surface area contributed by atoms with Crippen LogP contribution in [-0.4, -0.2) is 48.4 Å². The van der Waals surface area contributed by atoms with Crippen LogP contribution in [0.2, 0.25) is 0 Å². The second-order valence-corrected chi connectivity index (χ2v) is 7.16. The Morgan fingerprint density at radius 3 is 2.48 bits per heavy atom. The van der Waals surface area contributed by atoms with Crippen molar-refractivity contribution in [3.05, 3.63) is 51.5 Å². The van der Waals surface area contributed by atoms with Gasteiger partial charge in [0.05, 0.1) is 23.3 Å². The van der Waals surface area contributed by atoms with Crippen LogP contribution in [0.5, 0.6) is 0 Å². The van der Waals surface area contributed by atoms with Crippen LogP contribution in [0.4, 0.5) is 13.2 Å². The number of thiazole rings is 1. The van der Waals surface area contributed by atoms with Gasteiger partial charge in [-0.15, -0.1) is 11.3 Å². The molecular formula is C19H24F3N5OS. The van der Waals surface area contributed by atoms with Crippen LogP contribution in [0.15, 0.2) is 34.8 Å². The molecule has 2 rings (SSSR count). The number of hydrogen-bond donors (Lipinski definition) is 2. The van der Waals surface area contributed by atoms with Gasteiger partial charge >= 0.3 is 6.18 Å². The van der Waals surface area contributed by atoms with E-state index in [1.807, 2.05) is 11.8 Å². The molecule has 6 nitrogen and oxygen atoms in total. The number of carbonyl (C=O) groups is 1. The van der Waals surface area contributed by atoms with Crippen LogP contribution < -0.4 is 10.6 Å². The summed E-state index contributed by atoms with van der Waals surface area (Å²) in [5, 5.41) is 5.94. The van der Waals surface area contributed by atoms with Gasteiger partial charge in [-0.1, -0.05) is 12.1 Å². The highest BCUT2D eigenvalue weighted by molar-refractivity contribution is 7.11. The SMILES string of the molecule is CCNC(=NCCNC(=O)c1scnc1C)N(C)Cc1ccc(C(F)(F)F)cc1. The number of benzene rings is 1. The molecule has 1 heterocycles. The molecule has 0 saturated carbocycles. The average molecular weight is 427 g/mol. The number of aromatic nitrogens is 1. The summed E-state index contributed by atoms with van der Waals surface area (Å²) in [4.78, 5) is 23.0. The molecule has 0 aliphatic heterocycles. The lowest BCUT2D eigenvalue weighted by atomic mass is 10.1. The minimum Gasteiger partial charge on any atom is -0.357 e. The predicted octanol–water partition coefficient (Wildman–Crippen LogP) is 3.30. The Bertz CT molecular complexity index is 833. The highest BCUT2D eigenvalue weighted by Crippen LogP contribution is 2.29. The fraction of sp³-hybridized carbons (Fsp3) is 0.421. The van der Waals surface area contributed by atoms with Crippen molar-refractivity contribution < 1.29 is 18.0 Å². The molecule has 0 fully saturated rings. The monoisotopic (exact) mass is 427 g/mol. The number of guanidine groups is 1. The fourth-order valence-corrected chi connectivity index (χ4v) is 3.27. The maximum Gasteiger partial charge on any atom is 0.416 e. The van der Waals surface area contributed by atoms with Crippen molar-refractivity contribution >= 4 is 23.2 Å². The van der Waals surface area contributed by atoms with Gasteiger partial charge in [-0.25, -0.2) is 4.98 Å². The van der Waals surface area contributed by atoms with Gasteiger partial charge in [-0.05, 0) is 31.5 Å². The molecule has 1 amide bonds. The quantitative estimate of drug-likeness (QED) is 0.404. The zero-order valence-electron chi connectivity index (χ0n) is 16.5. The van der Waals surface area contributed by atoms with E-state index in [0.717, 1.165) is 17.7 Å². The van der Waals surface area contributed by atoms with Crippen molar-refractivity contribution in [2.24, 2.45) is 4.99 Å². The summed E-state index contributed by atoms with van der Waals surface area (Å²) in [7, 11) is 1.80. The maximum atomic E-state index is 12.7. The molecule has 1 aromatic carbocycles. The number of hydrogen-bond acceptors (Lipinski definition) is 4. The fourth-order valence-electron chi connectivity index (χ4n) is 2.55. The van der Waals surface area contributed by atoms with Gasteiger partial charge in [0.2, 0.25) is 0 Å². The Labute approximate surface area is 171 Å². The summed E-state index contributed by atoms with van der Waals surface area (Å²) in [5.74, 6) is 0.430. The molecule has 1 aromatic heterocycles. The van der Waals surface area contributed by atoms with E-state index in [1.165, 1.54) is 23.5 Å². The summed E-state index contributed by atoms with van der Waals surface area (Å²) in [6.07, 6.45) is -4.34. The first kappa shape index (κ1) is 22.7. The minimum absolute atomic E-state index is 0.177. The second-order valence-electron chi connectivity index (χ2n) is 6.31. The van der Waals surface area contributed by atoms with Crippen molar-refractivity contribution in [3.63, 3.8) is 0 Å². The topological polar surface area (TPSA) is 69.6 Å². The Morgan fingerprint density at radius 2 is 1.93 bits per heavy atom. The van der Waals surface area contributed by atoms with Gasteiger partial charge in [-0.3, -0.25) is 9.79 Å². The molecule has 0 aliphatic rings. The van der Waals surface area contributed by atoms with E-state index >= 15 is 0 Å². The van der Waals surface area contributed by atoms with Gasteiger partial charge in [0, 0.05) is 26.7 Å². The summed E-state index contributed by atoms with van der Waals surface area (Å²) < 4.78 is 38.0. The Kier molecular flexibility index (Phi) is 8.00. The third-order valence-electron chi connectivity index (χ3n) is 4.01. The first-order valence-corrected chi connectivity index (χ1v) is 9.94. The van der Waals surface area contributed by atoms with Crippen LogP contribution in [0.3, 0.4) is 0 Å². The largest absolute Gasteiger partial charge is 0.416 e. The number of aliphatic imine (C=N–C) groups is 1. The third-order valence-corrected chi connectivity index (χ3v) is 4.94. The molecular weight excluding hydrogens is 403 g/mol. The molecule has 10 heteroatoms. The Hall–Kier alpha value is -2.62. The number of nitrogens with one attached hydrogen (secondary N) is 2. The molecule has 2 aromatic rings. The van der Waals surface area contributed by atoms with E-state index in [1.54, 1.807) is 19.5 Å². The van der Waals surface area contributed by atoms with Crippen LogP contribution in [0.25, 0.3) is 0 Å². The first-order valence-electron chi connectivity index (χ1n) is 9.06. The zero-order valence-corrected chi connectivity index (χ0v) is 17.3. The zero-order chi connectivity index (χ0) is 21.4. The van der Waals surface area contributed by atoms with E-state index < -0.39 is 11.7 Å². The number of nitrogens with zero attached hydrogens (tertiary/aromatic N) is 3. The Morgan fingerprint density at radius 1 is 1.24 bits per heavy atom. The van der Waals surface area contributed by atoms with Crippen LogP contribution in [-0.2, 0) is 12.7 Å². The van der Waals surface area contributed by atoms with E-state index in [2.05, 4.69) is 20.6 Å². The molecule has 158 valence electrons. The van der Waals surface area contributed by atoms with Gasteiger partial charge < -0.3 is 15.5 Å².